The summed E-state index contributed by atoms with van der Waals surface area (Å²) < 4.78 is 5.20. The van der Waals surface area contributed by atoms with Crippen LogP contribution in [0.4, 0.5) is 0 Å². The molecule has 0 aliphatic carbocycles. The Bertz CT molecular complexity index is 495. The highest BCUT2D eigenvalue weighted by Crippen LogP contribution is 2.16. The highest BCUT2D eigenvalue weighted by Gasteiger charge is 2.17. The fourth-order valence-electron chi connectivity index (χ4n) is 1.82. The Morgan fingerprint density at radius 2 is 2.11 bits per heavy atom. The van der Waals surface area contributed by atoms with Gasteiger partial charge in [-0.25, -0.2) is 0 Å². The van der Waals surface area contributed by atoms with E-state index in [2.05, 4.69) is 33.9 Å². The Balaban J connectivity index is 2.08. The minimum atomic E-state index is -0.249. The lowest BCUT2D eigenvalue weighted by molar-refractivity contribution is 0.278. The highest BCUT2D eigenvalue weighted by atomic mass is 16.5. The molecule has 0 aliphatic heterocycles. The Labute approximate surface area is 112 Å². The largest absolute Gasteiger partial charge is 0.332 e. The zero-order valence-corrected chi connectivity index (χ0v) is 11.3. The Kier molecular flexibility index (Phi) is 4.59. The molecule has 2 aromatic rings. The summed E-state index contributed by atoms with van der Waals surface area (Å²) in [6.45, 7) is 6.83. The number of hydrogen-bond acceptors (Lipinski definition) is 6. The molecule has 0 bridgehead atoms. The molecule has 0 saturated carbocycles. The predicted octanol–water partition coefficient (Wildman–Crippen LogP) is 1.47. The van der Waals surface area contributed by atoms with E-state index in [1.807, 2.05) is 18.2 Å². The highest BCUT2D eigenvalue weighted by molar-refractivity contribution is 5.45. The van der Waals surface area contributed by atoms with E-state index in [1.54, 1.807) is 6.20 Å². The van der Waals surface area contributed by atoms with Gasteiger partial charge in [-0.15, -0.1) is 0 Å². The summed E-state index contributed by atoms with van der Waals surface area (Å²) in [5.41, 5.74) is 6.75. The topological polar surface area (TPSA) is 81.1 Å². The number of rotatable bonds is 6. The third kappa shape index (κ3) is 3.36. The molecule has 6 heteroatoms. The summed E-state index contributed by atoms with van der Waals surface area (Å²) in [6, 6.07) is 5.29. The summed E-state index contributed by atoms with van der Waals surface area (Å²) in [5.74, 6) is 0.929. The molecule has 1 unspecified atom stereocenters. The van der Waals surface area contributed by atoms with E-state index in [1.165, 1.54) is 0 Å². The van der Waals surface area contributed by atoms with Crippen molar-refractivity contribution < 1.29 is 4.52 Å². The van der Waals surface area contributed by atoms with E-state index in [4.69, 9.17) is 10.3 Å². The van der Waals surface area contributed by atoms with Gasteiger partial charge in [-0.3, -0.25) is 4.98 Å². The number of aromatic nitrogens is 3. The maximum atomic E-state index is 6.09. The molecule has 0 amide bonds. The van der Waals surface area contributed by atoms with E-state index in [0.29, 0.717) is 24.0 Å². The van der Waals surface area contributed by atoms with Crippen LogP contribution in [-0.2, 0) is 0 Å². The number of pyridine rings is 1. The molecule has 2 N–H and O–H groups in total. The molecule has 1 atom stereocenters. The van der Waals surface area contributed by atoms with Gasteiger partial charge in [0.25, 0.3) is 5.89 Å². The van der Waals surface area contributed by atoms with Crippen molar-refractivity contribution in [2.75, 3.05) is 19.6 Å². The van der Waals surface area contributed by atoms with Crippen LogP contribution in [-0.4, -0.2) is 39.7 Å². The molecule has 0 aliphatic rings. The van der Waals surface area contributed by atoms with E-state index >= 15 is 0 Å². The van der Waals surface area contributed by atoms with Crippen LogP contribution < -0.4 is 5.73 Å². The third-order valence-corrected chi connectivity index (χ3v) is 3.01. The number of nitrogens with zero attached hydrogens (tertiary/aromatic N) is 4. The SMILES string of the molecule is CCN(CC)CC(N)c1noc(-c2ccccn2)n1. The standard InChI is InChI=1S/C13H19N5O/c1-3-18(4-2)9-10(14)12-16-13(19-17-12)11-7-5-6-8-15-11/h5-8,10H,3-4,9,14H2,1-2H3. The van der Waals surface area contributed by atoms with Crippen molar-refractivity contribution >= 4 is 0 Å². The van der Waals surface area contributed by atoms with Gasteiger partial charge in [0.15, 0.2) is 5.82 Å². The molecule has 0 radical (unpaired) electrons. The first-order valence-electron chi connectivity index (χ1n) is 6.47. The van der Waals surface area contributed by atoms with Crippen LogP contribution in [0.25, 0.3) is 11.6 Å². The van der Waals surface area contributed by atoms with E-state index in [9.17, 15) is 0 Å². The van der Waals surface area contributed by atoms with Crippen molar-refractivity contribution in [1.82, 2.24) is 20.0 Å². The van der Waals surface area contributed by atoms with Crippen LogP contribution in [0, 0.1) is 0 Å². The summed E-state index contributed by atoms with van der Waals surface area (Å²) in [7, 11) is 0. The molecule has 19 heavy (non-hydrogen) atoms. The Morgan fingerprint density at radius 3 is 2.74 bits per heavy atom. The minimum Gasteiger partial charge on any atom is -0.332 e. The molecular weight excluding hydrogens is 242 g/mol. The van der Waals surface area contributed by atoms with Gasteiger partial charge in [0.05, 0.1) is 6.04 Å². The molecule has 102 valence electrons. The normalized spacial score (nSPS) is 12.8. The summed E-state index contributed by atoms with van der Waals surface area (Å²) in [6.07, 6.45) is 1.69. The van der Waals surface area contributed by atoms with Crippen molar-refractivity contribution in [1.29, 1.82) is 0 Å². The monoisotopic (exact) mass is 261 g/mol. The van der Waals surface area contributed by atoms with Crippen LogP contribution >= 0.6 is 0 Å². The number of nitrogens with two attached hydrogens (primary N) is 1. The van der Waals surface area contributed by atoms with Gasteiger partial charge in [-0.1, -0.05) is 25.1 Å². The quantitative estimate of drug-likeness (QED) is 0.848. The van der Waals surface area contributed by atoms with Crippen molar-refractivity contribution in [3.8, 4) is 11.6 Å². The maximum absolute atomic E-state index is 6.09. The first-order valence-corrected chi connectivity index (χ1v) is 6.47. The van der Waals surface area contributed by atoms with Crippen LogP contribution in [0.3, 0.4) is 0 Å². The number of hydrogen-bond donors (Lipinski definition) is 1. The van der Waals surface area contributed by atoms with Gasteiger partial charge < -0.3 is 15.2 Å². The molecule has 0 fully saturated rings. The van der Waals surface area contributed by atoms with Crippen LogP contribution in [0.15, 0.2) is 28.9 Å². The molecule has 2 rings (SSSR count). The summed E-state index contributed by atoms with van der Waals surface area (Å²) in [4.78, 5) is 10.7. The first-order chi connectivity index (χ1) is 9.24. The van der Waals surface area contributed by atoms with Crippen LogP contribution in [0.5, 0.6) is 0 Å². The molecule has 0 saturated heterocycles. The second kappa shape index (κ2) is 6.40. The predicted molar refractivity (Wildman–Crippen MR) is 72.2 cm³/mol. The summed E-state index contributed by atoms with van der Waals surface area (Å²) in [5, 5.41) is 3.94. The fourth-order valence-corrected chi connectivity index (χ4v) is 1.82. The van der Waals surface area contributed by atoms with E-state index < -0.39 is 0 Å². The van der Waals surface area contributed by atoms with Gasteiger partial charge >= 0.3 is 0 Å². The average Bonchev–Trinajstić information content (AvgIpc) is 2.95. The molecule has 6 nitrogen and oxygen atoms in total. The van der Waals surface area contributed by atoms with Gasteiger partial charge in [0.2, 0.25) is 0 Å². The average molecular weight is 261 g/mol. The van der Waals surface area contributed by atoms with Crippen molar-refractivity contribution in [2.24, 2.45) is 5.73 Å². The maximum Gasteiger partial charge on any atom is 0.276 e. The third-order valence-electron chi connectivity index (χ3n) is 3.01. The lowest BCUT2D eigenvalue weighted by Crippen LogP contribution is -2.32. The Morgan fingerprint density at radius 1 is 1.32 bits per heavy atom. The van der Waals surface area contributed by atoms with Crippen molar-refractivity contribution in [3.05, 3.63) is 30.2 Å². The number of likely N-dealkylation sites (N-methyl/N-ethyl adjacent to an activating group) is 1. The van der Waals surface area contributed by atoms with Crippen LogP contribution in [0.1, 0.15) is 25.7 Å². The van der Waals surface area contributed by atoms with Gasteiger partial charge in [-0.2, -0.15) is 4.98 Å². The van der Waals surface area contributed by atoms with Crippen molar-refractivity contribution in [3.63, 3.8) is 0 Å². The zero-order chi connectivity index (χ0) is 13.7. The lowest BCUT2D eigenvalue weighted by Gasteiger charge is -2.20. The molecular formula is C13H19N5O. The van der Waals surface area contributed by atoms with Crippen molar-refractivity contribution in [2.45, 2.75) is 19.9 Å². The second-order valence-corrected chi connectivity index (χ2v) is 4.27. The fraction of sp³-hybridized carbons (Fsp3) is 0.462. The van der Waals surface area contributed by atoms with E-state index in [-0.39, 0.29) is 6.04 Å². The minimum absolute atomic E-state index is 0.249. The van der Waals surface area contributed by atoms with Gasteiger partial charge in [-0.05, 0) is 25.2 Å². The zero-order valence-electron chi connectivity index (χ0n) is 11.3. The summed E-state index contributed by atoms with van der Waals surface area (Å²) >= 11 is 0. The second-order valence-electron chi connectivity index (χ2n) is 4.27. The lowest BCUT2D eigenvalue weighted by atomic mass is 10.2. The molecule has 2 aromatic heterocycles. The Hall–Kier alpha value is -1.79. The van der Waals surface area contributed by atoms with E-state index in [0.717, 1.165) is 13.1 Å². The molecule has 2 heterocycles. The molecule has 0 aromatic carbocycles. The van der Waals surface area contributed by atoms with Gasteiger partial charge in [0, 0.05) is 12.7 Å². The smallest absolute Gasteiger partial charge is 0.276 e. The molecule has 0 spiro atoms. The first kappa shape index (κ1) is 13.6. The van der Waals surface area contributed by atoms with Crippen LogP contribution in [0.2, 0.25) is 0 Å². The van der Waals surface area contributed by atoms with Gasteiger partial charge in [0.1, 0.15) is 5.69 Å².